The Hall–Kier alpha value is -1.41. The zero-order chi connectivity index (χ0) is 13.2. The van der Waals surface area contributed by atoms with Gasteiger partial charge >= 0.3 is 8.25 Å². The van der Waals surface area contributed by atoms with Gasteiger partial charge in [-0.3, -0.25) is 9.09 Å². The standard InChI is InChI=1S/C15H15O3P/c1-2-17-19(16)18-14-10-9-12-6-3-5-11-7-4-8-13(14)15(11)12/h3-10,14,19H,2H2,1H3. The van der Waals surface area contributed by atoms with Gasteiger partial charge in [0.2, 0.25) is 0 Å². The lowest BCUT2D eigenvalue weighted by molar-refractivity contribution is 0.200. The highest BCUT2D eigenvalue weighted by molar-refractivity contribution is 7.33. The Morgan fingerprint density at radius 2 is 2.00 bits per heavy atom. The molecule has 0 saturated heterocycles. The van der Waals surface area contributed by atoms with Gasteiger partial charge in [0.25, 0.3) is 0 Å². The Labute approximate surface area is 112 Å². The molecule has 0 N–H and O–H groups in total. The minimum Gasteiger partial charge on any atom is -0.311 e. The van der Waals surface area contributed by atoms with Crippen LogP contribution in [0.3, 0.4) is 0 Å². The van der Waals surface area contributed by atoms with E-state index in [2.05, 4.69) is 18.2 Å². The summed E-state index contributed by atoms with van der Waals surface area (Å²) in [4.78, 5) is 0. The van der Waals surface area contributed by atoms with Crippen molar-refractivity contribution in [2.45, 2.75) is 13.0 Å². The van der Waals surface area contributed by atoms with Gasteiger partial charge < -0.3 is 4.52 Å². The van der Waals surface area contributed by atoms with E-state index in [1.54, 1.807) is 6.92 Å². The van der Waals surface area contributed by atoms with Crippen LogP contribution in [0.4, 0.5) is 0 Å². The third kappa shape index (κ3) is 2.37. The van der Waals surface area contributed by atoms with Crippen LogP contribution in [-0.2, 0) is 13.6 Å². The molecule has 0 aromatic heterocycles. The molecular formula is C15H15O3P. The molecule has 98 valence electrons. The first kappa shape index (κ1) is 12.6. The van der Waals surface area contributed by atoms with Crippen molar-refractivity contribution in [3.63, 3.8) is 0 Å². The van der Waals surface area contributed by atoms with Gasteiger partial charge in [-0.25, -0.2) is 0 Å². The summed E-state index contributed by atoms with van der Waals surface area (Å²) in [6.07, 6.45) is 3.65. The van der Waals surface area contributed by atoms with Crippen molar-refractivity contribution in [1.29, 1.82) is 0 Å². The lowest BCUT2D eigenvalue weighted by atomic mass is 9.92. The molecule has 1 aliphatic carbocycles. The van der Waals surface area contributed by atoms with E-state index in [1.807, 2.05) is 30.4 Å². The Kier molecular flexibility index (Phi) is 3.52. The third-order valence-electron chi connectivity index (χ3n) is 3.21. The third-order valence-corrected chi connectivity index (χ3v) is 4.18. The molecule has 3 rings (SSSR count). The van der Waals surface area contributed by atoms with E-state index in [0.717, 1.165) is 5.56 Å². The van der Waals surface area contributed by atoms with Crippen LogP contribution < -0.4 is 0 Å². The first-order chi connectivity index (χ1) is 9.29. The van der Waals surface area contributed by atoms with Crippen LogP contribution in [0.2, 0.25) is 0 Å². The van der Waals surface area contributed by atoms with Crippen LogP contribution in [0.15, 0.2) is 42.5 Å². The summed E-state index contributed by atoms with van der Waals surface area (Å²) in [6.45, 7) is 2.20. The van der Waals surface area contributed by atoms with Crippen LogP contribution in [0.25, 0.3) is 16.8 Å². The van der Waals surface area contributed by atoms with Crippen molar-refractivity contribution in [2.24, 2.45) is 0 Å². The molecule has 2 aromatic carbocycles. The Balaban J connectivity index is 2.02. The van der Waals surface area contributed by atoms with Gasteiger partial charge in [0.15, 0.2) is 0 Å². The van der Waals surface area contributed by atoms with Gasteiger partial charge in [-0.15, -0.1) is 0 Å². The lowest BCUT2D eigenvalue weighted by Gasteiger charge is -2.21. The molecule has 2 unspecified atom stereocenters. The maximum atomic E-state index is 11.6. The van der Waals surface area contributed by atoms with Gasteiger partial charge in [-0.05, 0) is 28.8 Å². The summed E-state index contributed by atoms with van der Waals surface area (Å²) in [7, 11) is -2.44. The van der Waals surface area contributed by atoms with E-state index in [1.165, 1.54) is 16.3 Å². The fourth-order valence-electron chi connectivity index (χ4n) is 2.43. The molecule has 0 bridgehead atoms. The molecule has 3 nitrogen and oxygen atoms in total. The second kappa shape index (κ2) is 5.30. The first-order valence-electron chi connectivity index (χ1n) is 6.33. The minimum absolute atomic E-state index is 0.295. The Morgan fingerprint density at radius 1 is 1.21 bits per heavy atom. The highest BCUT2D eigenvalue weighted by Crippen LogP contribution is 2.40. The lowest BCUT2D eigenvalue weighted by Crippen LogP contribution is -2.02. The van der Waals surface area contributed by atoms with E-state index in [-0.39, 0.29) is 6.10 Å². The summed E-state index contributed by atoms with van der Waals surface area (Å²) in [5, 5.41) is 2.34. The van der Waals surface area contributed by atoms with E-state index in [9.17, 15) is 4.57 Å². The molecular weight excluding hydrogens is 259 g/mol. The van der Waals surface area contributed by atoms with Crippen molar-refractivity contribution in [2.75, 3.05) is 6.61 Å². The molecule has 2 aromatic rings. The van der Waals surface area contributed by atoms with Gasteiger partial charge in [0.1, 0.15) is 6.10 Å². The number of rotatable bonds is 4. The molecule has 4 heteroatoms. The average Bonchev–Trinajstić information content (AvgIpc) is 2.43. The summed E-state index contributed by atoms with van der Waals surface area (Å²) in [5.74, 6) is 0. The van der Waals surface area contributed by atoms with Crippen LogP contribution >= 0.6 is 8.25 Å². The Bertz CT molecular complexity index is 658. The van der Waals surface area contributed by atoms with Crippen molar-refractivity contribution in [3.8, 4) is 0 Å². The maximum Gasteiger partial charge on any atom is 0.320 e. The fourth-order valence-corrected chi connectivity index (χ4v) is 3.15. The molecule has 19 heavy (non-hydrogen) atoms. The molecule has 0 heterocycles. The van der Waals surface area contributed by atoms with E-state index < -0.39 is 8.25 Å². The van der Waals surface area contributed by atoms with Gasteiger partial charge in [0, 0.05) is 0 Å². The minimum atomic E-state index is -2.44. The molecule has 2 atom stereocenters. The largest absolute Gasteiger partial charge is 0.320 e. The molecule has 0 fully saturated rings. The van der Waals surface area contributed by atoms with Crippen molar-refractivity contribution in [3.05, 3.63) is 53.6 Å². The van der Waals surface area contributed by atoms with E-state index in [4.69, 9.17) is 9.05 Å². The second-order valence-electron chi connectivity index (χ2n) is 4.37. The zero-order valence-corrected chi connectivity index (χ0v) is 11.6. The van der Waals surface area contributed by atoms with E-state index in [0.29, 0.717) is 6.61 Å². The predicted molar refractivity (Wildman–Crippen MR) is 77.4 cm³/mol. The topological polar surface area (TPSA) is 35.5 Å². The van der Waals surface area contributed by atoms with Crippen LogP contribution in [0.1, 0.15) is 24.2 Å². The molecule has 0 amide bonds. The number of hydrogen-bond acceptors (Lipinski definition) is 3. The van der Waals surface area contributed by atoms with Crippen LogP contribution in [-0.4, -0.2) is 6.61 Å². The summed E-state index contributed by atoms with van der Waals surface area (Å²) >= 11 is 0. The van der Waals surface area contributed by atoms with Gasteiger partial charge in [-0.1, -0.05) is 48.6 Å². The summed E-state index contributed by atoms with van der Waals surface area (Å²) < 4.78 is 22.2. The van der Waals surface area contributed by atoms with Crippen LogP contribution in [0, 0.1) is 0 Å². The number of hydrogen-bond donors (Lipinski definition) is 0. The van der Waals surface area contributed by atoms with Crippen molar-refractivity contribution in [1.82, 2.24) is 0 Å². The van der Waals surface area contributed by atoms with Crippen molar-refractivity contribution >= 4 is 25.1 Å². The first-order valence-corrected chi connectivity index (χ1v) is 7.55. The second-order valence-corrected chi connectivity index (χ2v) is 5.40. The monoisotopic (exact) mass is 274 g/mol. The molecule has 0 spiro atoms. The van der Waals surface area contributed by atoms with Crippen molar-refractivity contribution < 1.29 is 13.6 Å². The predicted octanol–water partition coefficient (Wildman–Crippen LogP) is 4.35. The molecule has 1 aliphatic rings. The average molecular weight is 274 g/mol. The van der Waals surface area contributed by atoms with Crippen LogP contribution in [0.5, 0.6) is 0 Å². The fraction of sp³-hybridized carbons (Fsp3) is 0.200. The SMILES string of the molecule is CCO[PH](=O)OC1C=Cc2cccc3cccc1c23. The quantitative estimate of drug-likeness (QED) is 0.777. The highest BCUT2D eigenvalue weighted by atomic mass is 31.1. The smallest absolute Gasteiger partial charge is 0.311 e. The Morgan fingerprint density at radius 3 is 2.79 bits per heavy atom. The highest BCUT2D eigenvalue weighted by Gasteiger charge is 2.19. The normalized spacial score (nSPS) is 18.7. The van der Waals surface area contributed by atoms with E-state index >= 15 is 0 Å². The maximum absolute atomic E-state index is 11.6. The molecule has 0 aliphatic heterocycles. The zero-order valence-electron chi connectivity index (χ0n) is 10.6. The summed E-state index contributed by atoms with van der Waals surface area (Å²) in [6, 6.07) is 12.3. The van der Waals surface area contributed by atoms with Gasteiger partial charge in [-0.2, -0.15) is 0 Å². The summed E-state index contributed by atoms with van der Waals surface area (Å²) in [5.41, 5.74) is 2.22. The molecule has 0 radical (unpaired) electrons. The number of benzene rings is 2. The molecule has 0 saturated carbocycles. The van der Waals surface area contributed by atoms with Gasteiger partial charge in [0.05, 0.1) is 6.61 Å².